The topological polar surface area (TPSA) is 270 Å². The first kappa shape index (κ1) is 40.1. The number of halogens is 2. The third kappa shape index (κ3) is 8.59. The molecule has 7 rings (SSSR count). The molecule has 2 bridgehead atoms. The molecule has 26 heteroatoms. The highest BCUT2D eigenvalue weighted by Gasteiger charge is 2.55. The Balaban J connectivity index is 1.20. The smallest absolute Gasteiger partial charge is 0.431 e. The lowest BCUT2D eigenvalue weighted by Gasteiger charge is -2.27. The number of nitrogen functional groups attached to an aromatic ring is 1. The van der Waals surface area contributed by atoms with Gasteiger partial charge in [0.05, 0.1) is 25.6 Å². The fraction of sp³-hybridized carbons (Fsp3) is 0.467. The molecule has 56 heavy (non-hydrogen) atoms. The minimum Gasteiger partial charge on any atom is -0.431 e. The summed E-state index contributed by atoms with van der Waals surface area (Å²) in [7, 11) is -5.25. The number of H-pyrrole nitrogens is 1. The van der Waals surface area contributed by atoms with Gasteiger partial charge in [-0.05, 0) is 42.9 Å². The largest absolute Gasteiger partial charge is 0.514 e. The Bertz CT molecular complexity index is 2300. The number of aromatic amines is 1. The molecule has 4 N–H and O–H groups in total. The molecule has 1 aromatic carbocycles. The molecule has 302 valence electrons. The second-order valence-electron chi connectivity index (χ2n) is 12.7. The molecule has 10 atom stereocenters. The van der Waals surface area contributed by atoms with Crippen molar-refractivity contribution in [1.82, 2.24) is 29.1 Å². The number of hydrogen-bond donors (Lipinski definition) is 3. The van der Waals surface area contributed by atoms with Crippen molar-refractivity contribution < 1.29 is 64.6 Å². The van der Waals surface area contributed by atoms with Crippen LogP contribution in [0.1, 0.15) is 31.9 Å². The van der Waals surface area contributed by atoms with E-state index in [4.69, 9.17) is 42.8 Å². The summed E-state index contributed by atoms with van der Waals surface area (Å²) in [6.07, 6.45) is -13.2. The quantitative estimate of drug-likeness (QED) is 0.137. The van der Waals surface area contributed by atoms with Crippen molar-refractivity contribution in [2.45, 2.75) is 74.9 Å². The number of phosphoric acid groups is 1. The van der Waals surface area contributed by atoms with Crippen molar-refractivity contribution in [2.75, 3.05) is 18.9 Å². The molecule has 0 aliphatic carbocycles. The van der Waals surface area contributed by atoms with Crippen molar-refractivity contribution in [3.63, 3.8) is 0 Å². The molecule has 21 nitrogen and oxygen atoms in total. The highest BCUT2D eigenvalue weighted by molar-refractivity contribution is 8.54. The number of aromatic nitrogens is 6. The summed E-state index contributed by atoms with van der Waals surface area (Å²) in [5, 5.41) is 0. The van der Waals surface area contributed by atoms with E-state index in [1.54, 1.807) is 13.8 Å². The number of carbonyl (C=O) groups excluding carboxylic acids is 1. The van der Waals surface area contributed by atoms with E-state index in [-0.39, 0.29) is 28.5 Å². The first-order valence-corrected chi connectivity index (χ1v) is 21.3. The van der Waals surface area contributed by atoms with Gasteiger partial charge >= 0.3 is 26.5 Å². The number of nitrogens with two attached hydrogens (primary N) is 1. The van der Waals surface area contributed by atoms with Crippen LogP contribution in [0.25, 0.3) is 11.2 Å². The van der Waals surface area contributed by atoms with E-state index in [1.807, 2.05) is 4.98 Å². The van der Waals surface area contributed by atoms with E-state index in [2.05, 4.69) is 15.0 Å². The van der Waals surface area contributed by atoms with Gasteiger partial charge in [0.1, 0.15) is 42.0 Å². The highest BCUT2D eigenvalue weighted by Crippen LogP contribution is 2.65. The molecule has 0 radical (unpaired) electrons. The number of phosphoric ester groups is 1. The Hall–Kier alpha value is -4.09. The van der Waals surface area contributed by atoms with Crippen molar-refractivity contribution in [3.05, 3.63) is 75.6 Å². The number of anilines is 1. The van der Waals surface area contributed by atoms with Crippen LogP contribution < -0.4 is 21.7 Å². The zero-order valence-corrected chi connectivity index (χ0v) is 31.7. The van der Waals surface area contributed by atoms with Crippen LogP contribution in [0.15, 0.2) is 58.8 Å². The second kappa shape index (κ2) is 16.0. The van der Waals surface area contributed by atoms with E-state index >= 15 is 8.78 Å². The number of hydrogen-bond acceptors (Lipinski definition) is 18. The van der Waals surface area contributed by atoms with Gasteiger partial charge in [-0.15, -0.1) is 0 Å². The average Bonchev–Trinajstić information content (AvgIpc) is 3.79. The number of alkyl halides is 2. The van der Waals surface area contributed by atoms with Crippen LogP contribution >= 0.6 is 26.0 Å². The molecule has 0 spiro atoms. The molecular formula is C30H33F2N7O14P2S. The number of nitrogens with zero attached hydrogens (tertiary/aromatic N) is 5. The molecule has 3 aliphatic rings. The van der Waals surface area contributed by atoms with Crippen LogP contribution in [0.5, 0.6) is 5.75 Å². The van der Waals surface area contributed by atoms with E-state index in [9.17, 15) is 28.4 Å². The van der Waals surface area contributed by atoms with Crippen molar-refractivity contribution in [1.29, 1.82) is 0 Å². The number of imidazole rings is 1. The maximum absolute atomic E-state index is 16.3. The SMILES string of the molecule is CC(C)OC(=O)Oc1ccc(CS[P@@]2(=O)OC[C@H]3O[C@@H](n4cnc5c(N)ncnc54)[C@H](F)[C@@H]3OP(=O)(O)OC[C@H]3O[C@@H](n4ccc(=O)[nH]c4=O)[C@H](O2)[C@@H]3F)cc1. The number of fused-ring (bicyclic) bond motifs is 4. The van der Waals surface area contributed by atoms with Crippen molar-refractivity contribution >= 4 is 49.1 Å². The van der Waals surface area contributed by atoms with Crippen LogP contribution in [0.4, 0.5) is 19.4 Å². The number of rotatable bonds is 7. The van der Waals surface area contributed by atoms with Gasteiger partial charge in [0, 0.05) is 18.0 Å². The maximum atomic E-state index is 16.3. The summed E-state index contributed by atoms with van der Waals surface area (Å²) in [6, 6.07) is 6.87. The zero-order chi connectivity index (χ0) is 39.9. The third-order valence-electron chi connectivity index (χ3n) is 8.47. The van der Waals surface area contributed by atoms with Gasteiger partial charge in [-0.1, -0.05) is 12.1 Å². The highest BCUT2D eigenvalue weighted by atomic mass is 32.7. The van der Waals surface area contributed by atoms with E-state index < -0.39 is 101 Å². The fourth-order valence-corrected chi connectivity index (χ4v) is 10.2. The molecular weight excluding hydrogens is 814 g/mol. The van der Waals surface area contributed by atoms with Gasteiger partial charge in [-0.2, -0.15) is 0 Å². The summed E-state index contributed by atoms with van der Waals surface area (Å²) in [5.74, 6) is -0.0200. The van der Waals surface area contributed by atoms with E-state index in [1.165, 1.54) is 24.3 Å². The van der Waals surface area contributed by atoms with Crippen LogP contribution in [0.3, 0.4) is 0 Å². The number of benzene rings is 1. The summed E-state index contributed by atoms with van der Waals surface area (Å²) in [5.41, 5.74) is 4.69. The molecule has 1 unspecified atom stereocenters. The summed E-state index contributed by atoms with van der Waals surface area (Å²) >= 11 is 0.557. The summed E-state index contributed by atoms with van der Waals surface area (Å²) in [6.45, 7) is -3.21. The Morgan fingerprint density at radius 3 is 2.46 bits per heavy atom. The first-order chi connectivity index (χ1) is 26.6. The standard InChI is InChI=1S/C30H33F2N7O14P2S/c1-14(2)48-30(42)49-16-5-3-15(4-6-16)11-56-55(45)47-10-18-23(21(32)27(51-18)39-13-36-22-25(33)34-12-35-26(22)39)52-54(43,44)46-9-17-20(31)24(53-55)28(50-17)38-8-7-19(40)37-29(38)41/h3-8,12-14,17-18,20-21,23-24,27-28H,9-11H2,1-2H3,(H,43,44)(H2,33,34,35)(H,37,40,41)/t17-,18-,20-,21-,23-,24-,27-,28-,55+/m1/s1. The molecule has 4 aromatic rings. The minimum atomic E-state index is -5.25. The lowest BCUT2D eigenvalue weighted by molar-refractivity contribution is -0.0635. The van der Waals surface area contributed by atoms with Crippen LogP contribution in [-0.4, -0.2) is 96.2 Å². The minimum absolute atomic E-state index is 0.0195. The molecule has 0 amide bonds. The average molecular weight is 848 g/mol. The van der Waals surface area contributed by atoms with Crippen LogP contribution in [-0.2, 0) is 47.2 Å². The van der Waals surface area contributed by atoms with Gasteiger partial charge in [0.15, 0.2) is 36.3 Å². The van der Waals surface area contributed by atoms with E-state index in [0.29, 0.717) is 16.9 Å². The van der Waals surface area contributed by atoms with Gasteiger partial charge in [0.25, 0.3) is 5.56 Å². The second-order valence-corrected chi connectivity index (χ2v) is 18.1. The molecule has 6 heterocycles. The first-order valence-electron chi connectivity index (χ1n) is 16.6. The molecule has 0 saturated carbocycles. The zero-order valence-electron chi connectivity index (χ0n) is 29.1. The summed E-state index contributed by atoms with van der Waals surface area (Å²) in [4.78, 5) is 61.2. The van der Waals surface area contributed by atoms with Gasteiger partial charge in [-0.25, -0.2) is 42.5 Å². The molecule has 3 aliphatic heterocycles. The molecule has 3 aromatic heterocycles. The monoisotopic (exact) mass is 847 g/mol. The Morgan fingerprint density at radius 1 is 1.00 bits per heavy atom. The normalized spacial score (nSPS) is 32.3. The Morgan fingerprint density at radius 2 is 1.73 bits per heavy atom. The van der Waals surface area contributed by atoms with Gasteiger partial charge in [0.2, 0.25) is 0 Å². The lowest BCUT2D eigenvalue weighted by atomic mass is 10.1. The lowest BCUT2D eigenvalue weighted by Crippen LogP contribution is -2.37. The molecule has 3 saturated heterocycles. The van der Waals surface area contributed by atoms with Crippen LogP contribution in [0, 0.1) is 0 Å². The predicted octanol–water partition coefficient (Wildman–Crippen LogP) is 3.31. The van der Waals surface area contributed by atoms with Gasteiger partial charge < -0.3 is 29.6 Å². The Labute approximate surface area is 317 Å². The number of nitrogens with one attached hydrogen (secondary N) is 1. The summed E-state index contributed by atoms with van der Waals surface area (Å²) < 4.78 is 106. The predicted molar refractivity (Wildman–Crippen MR) is 188 cm³/mol. The Kier molecular flexibility index (Phi) is 11.5. The maximum Gasteiger partial charge on any atom is 0.514 e. The van der Waals surface area contributed by atoms with Gasteiger partial charge in [-0.3, -0.25) is 37.0 Å². The number of ether oxygens (including phenoxy) is 4. The number of carbonyl (C=O) groups is 1. The van der Waals surface area contributed by atoms with Crippen molar-refractivity contribution in [3.8, 4) is 5.75 Å². The van der Waals surface area contributed by atoms with Crippen LogP contribution in [0.2, 0.25) is 0 Å². The fourth-order valence-electron chi connectivity index (χ4n) is 5.91. The molecule has 3 fully saturated rings. The van der Waals surface area contributed by atoms with E-state index in [0.717, 1.165) is 34.1 Å². The third-order valence-corrected chi connectivity index (χ3v) is 13.1. The van der Waals surface area contributed by atoms with Crippen molar-refractivity contribution in [2.24, 2.45) is 0 Å².